The van der Waals surface area contributed by atoms with Crippen LogP contribution in [0.15, 0.2) is 51.8 Å². The van der Waals surface area contributed by atoms with E-state index in [2.05, 4.69) is 20.7 Å². The highest BCUT2D eigenvalue weighted by atomic mass is 79.9. The fourth-order valence-electron chi connectivity index (χ4n) is 1.54. The average molecular weight is 361 g/mol. The molecule has 1 N–H and O–H groups in total. The van der Waals surface area contributed by atoms with Gasteiger partial charge in [-0.05, 0) is 42.8 Å². The van der Waals surface area contributed by atoms with Crippen LogP contribution in [0, 0.1) is 6.92 Å². The first-order valence-corrected chi connectivity index (χ1v) is 8.08. The van der Waals surface area contributed by atoms with Gasteiger partial charge in [0, 0.05) is 9.50 Å². The first-order valence-electron chi connectivity index (χ1n) is 5.43. The number of hydrogen-bond acceptors (Lipinski definition) is 2. The minimum Gasteiger partial charge on any atom is -0.279 e. The van der Waals surface area contributed by atoms with Crippen molar-refractivity contribution in [3.8, 4) is 0 Å². The van der Waals surface area contributed by atoms with Crippen LogP contribution in [0.2, 0.25) is 5.02 Å². The number of rotatable bonds is 3. The van der Waals surface area contributed by atoms with Crippen molar-refractivity contribution in [2.45, 2.75) is 11.8 Å². The van der Waals surface area contributed by atoms with Crippen LogP contribution < -0.4 is 4.72 Å². The van der Waals surface area contributed by atoms with Crippen molar-refractivity contribution >= 4 is 43.2 Å². The van der Waals surface area contributed by atoms with Gasteiger partial charge in [0.1, 0.15) is 0 Å². The van der Waals surface area contributed by atoms with Crippen molar-refractivity contribution in [3.63, 3.8) is 0 Å². The summed E-state index contributed by atoms with van der Waals surface area (Å²) in [4.78, 5) is 0.196. The molecule has 0 spiro atoms. The normalized spacial score (nSPS) is 11.3. The third-order valence-corrected chi connectivity index (χ3v) is 4.64. The van der Waals surface area contributed by atoms with Crippen LogP contribution in [0.5, 0.6) is 0 Å². The molecule has 0 heterocycles. The minimum atomic E-state index is -3.61. The third-order valence-electron chi connectivity index (χ3n) is 2.55. The first kappa shape index (κ1) is 14.4. The predicted octanol–water partition coefficient (Wildman–Crippen LogP) is 4.21. The molecule has 0 aliphatic rings. The second-order valence-corrected chi connectivity index (χ2v) is 7.06. The van der Waals surface area contributed by atoms with Crippen molar-refractivity contribution in [2.75, 3.05) is 4.72 Å². The van der Waals surface area contributed by atoms with E-state index in [0.717, 1.165) is 5.56 Å². The molecule has 0 aliphatic carbocycles. The molecule has 0 atom stereocenters. The molecule has 100 valence electrons. The van der Waals surface area contributed by atoms with Crippen molar-refractivity contribution < 1.29 is 8.42 Å². The molecule has 19 heavy (non-hydrogen) atoms. The number of hydrogen-bond donors (Lipinski definition) is 1. The summed E-state index contributed by atoms with van der Waals surface area (Å²) in [5, 5.41) is 0.484. The van der Waals surface area contributed by atoms with Crippen molar-refractivity contribution in [1.82, 2.24) is 0 Å². The number of benzene rings is 2. The molecule has 2 aromatic rings. The van der Waals surface area contributed by atoms with E-state index < -0.39 is 10.0 Å². The summed E-state index contributed by atoms with van der Waals surface area (Å²) >= 11 is 9.13. The fourth-order valence-corrected chi connectivity index (χ4v) is 3.43. The molecule has 0 aromatic heterocycles. The molecule has 0 fully saturated rings. The standard InChI is InChI=1S/C13H11BrClNO2S/c1-9-5-6-11(15)8-13(9)16-19(17,18)12-4-2-3-10(14)7-12/h2-8,16H,1H3. The van der Waals surface area contributed by atoms with Crippen LogP contribution in [0.3, 0.4) is 0 Å². The zero-order valence-electron chi connectivity index (χ0n) is 10.0. The molecule has 0 bridgehead atoms. The molecule has 0 amide bonds. The van der Waals surface area contributed by atoms with Crippen molar-refractivity contribution in [2.24, 2.45) is 0 Å². The van der Waals surface area contributed by atoms with Gasteiger partial charge in [-0.1, -0.05) is 39.7 Å². The summed E-state index contributed by atoms with van der Waals surface area (Å²) in [6.45, 7) is 1.81. The maximum absolute atomic E-state index is 12.2. The van der Waals surface area contributed by atoms with E-state index in [9.17, 15) is 8.42 Å². The maximum Gasteiger partial charge on any atom is 0.261 e. The van der Waals surface area contributed by atoms with Crippen LogP contribution in [-0.4, -0.2) is 8.42 Å². The molecule has 3 nitrogen and oxygen atoms in total. The van der Waals surface area contributed by atoms with Gasteiger partial charge in [0.15, 0.2) is 0 Å². The summed E-state index contributed by atoms with van der Waals surface area (Å²) in [6.07, 6.45) is 0. The highest BCUT2D eigenvalue weighted by Crippen LogP contribution is 2.24. The number of halogens is 2. The van der Waals surface area contributed by atoms with Crippen LogP contribution >= 0.6 is 27.5 Å². The second-order valence-electron chi connectivity index (χ2n) is 4.02. The largest absolute Gasteiger partial charge is 0.279 e. The Bertz CT molecular complexity index is 716. The molecule has 6 heteroatoms. The first-order chi connectivity index (χ1) is 8.88. The van der Waals surface area contributed by atoms with Gasteiger partial charge in [-0.15, -0.1) is 0 Å². The Morgan fingerprint density at radius 1 is 1.16 bits per heavy atom. The fraction of sp³-hybridized carbons (Fsp3) is 0.0769. The molecule has 0 saturated heterocycles. The van der Waals surface area contributed by atoms with Gasteiger partial charge in [0.2, 0.25) is 0 Å². The van der Waals surface area contributed by atoms with E-state index in [-0.39, 0.29) is 4.90 Å². The molecular weight excluding hydrogens is 350 g/mol. The van der Waals surface area contributed by atoms with Crippen molar-refractivity contribution in [3.05, 3.63) is 57.5 Å². The molecule has 2 rings (SSSR count). The molecule has 0 unspecified atom stereocenters. The Morgan fingerprint density at radius 3 is 2.58 bits per heavy atom. The van der Waals surface area contributed by atoms with Gasteiger partial charge in [-0.3, -0.25) is 4.72 Å². The zero-order valence-corrected chi connectivity index (χ0v) is 13.2. The Kier molecular flexibility index (Phi) is 4.18. The Hall–Kier alpha value is -1.04. The van der Waals surface area contributed by atoms with E-state index in [0.29, 0.717) is 15.2 Å². The Labute approximate surface area is 125 Å². The summed E-state index contributed by atoms with van der Waals surface area (Å²) in [5.74, 6) is 0. The van der Waals surface area contributed by atoms with Crippen LogP contribution in [-0.2, 0) is 10.0 Å². The van der Waals surface area contributed by atoms with Gasteiger partial charge in [0.25, 0.3) is 10.0 Å². The van der Waals surface area contributed by atoms with Gasteiger partial charge in [-0.25, -0.2) is 8.42 Å². The monoisotopic (exact) mass is 359 g/mol. The Morgan fingerprint density at radius 2 is 1.89 bits per heavy atom. The summed E-state index contributed by atoms with van der Waals surface area (Å²) in [5.41, 5.74) is 1.29. The Balaban J connectivity index is 2.39. The molecule has 0 radical (unpaired) electrons. The molecule has 2 aromatic carbocycles. The van der Waals surface area contributed by atoms with E-state index >= 15 is 0 Å². The highest BCUT2D eigenvalue weighted by Gasteiger charge is 2.15. The summed E-state index contributed by atoms with van der Waals surface area (Å²) in [6, 6.07) is 11.6. The zero-order chi connectivity index (χ0) is 14.0. The van der Waals surface area contributed by atoms with E-state index in [4.69, 9.17) is 11.6 Å². The number of nitrogens with one attached hydrogen (secondary N) is 1. The second kappa shape index (κ2) is 5.53. The van der Waals surface area contributed by atoms with Crippen LogP contribution in [0.1, 0.15) is 5.56 Å². The van der Waals surface area contributed by atoms with Gasteiger partial charge in [0.05, 0.1) is 10.6 Å². The molecule has 0 aliphatic heterocycles. The highest BCUT2D eigenvalue weighted by molar-refractivity contribution is 9.10. The lowest BCUT2D eigenvalue weighted by Crippen LogP contribution is -2.13. The van der Waals surface area contributed by atoms with Crippen LogP contribution in [0.25, 0.3) is 0 Å². The summed E-state index contributed by atoms with van der Waals surface area (Å²) in [7, 11) is -3.61. The lowest BCUT2D eigenvalue weighted by atomic mass is 10.2. The topological polar surface area (TPSA) is 46.2 Å². The van der Waals surface area contributed by atoms with Gasteiger partial charge < -0.3 is 0 Å². The van der Waals surface area contributed by atoms with E-state index in [1.54, 1.807) is 36.4 Å². The van der Waals surface area contributed by atoms with Crippen molar-refractivity contribution in [1.29, 1.82) is 0 Å². The quantitative estimate of drug-likeness (QED) is 0.891. The van der Waals surface area contributed by atoms with Crippen LogP contribution in [0.4, 0.5) is 5.69 Å². The molecular formula is C13H11BrClNO2S. The lowest BCUT2D eigenvalue weighted by molar-refractivity contribution is 0.601. The minimum absolute atomic E-state index is 0.196. The van der Waals surface area contributed by atoms with Gasteiger partial charge in [-0.2, -0.15) is 0 Å². The summed E-state index contributed by atoms with van der Waals surface area (Å²) < 4.78 is 27.7. The number of anilines is 1. The van der Waals surface area contributed by atoms with Gasteiger partial charge >= 0.3 is 0 Å². The predicted molar refractivity (Wildman–Crippen MR) is 81.1 cm³/mol. The average Bonchev–Trinajstić information content (AvgIpc) is 2.33. The van der Waals surface area contributed by atoms with E-state index in [1.165, 1.54) is 6.07 Å². The SMILES string of the molecule is Cc1ccc(Cl)cc1NS(=O)(=O)c1cccc(Br)c1. The molecule has 0 saturated carbocycles. The lowest BCUT2D eigenvalue weighted by Gasteiger charge is -2.11. The third kappa shape index (κ3) is 3.49. The maximum atomic E-state index is 12.2. The number of aryl methyl sites for hydroxylation is 1. The smallest absolute Gasteiger partial charge is 0.261 e. The number of sulfonamides is 1. The van der Waals surface area contributed by atoms with E-state index in [1.807, 2.05) is 6.92 Å².